The van der Waals surface area contributed by atoms with Crippen LogP contribution in [-0.2, 0) is 0 Å². The number of thioether (sulfide) groups is 1. The van der Waals surface area contributed by atoms with Crippen LogP contribution in [0, 0.1) is 19.3 Å². The molecule has 0 radical (unpaired) electrons. The number of terminal acetylenes is 1. The maximum atomic E-state index is 11.7. The van der Waals surface area contributed by atoms with Crippen molar-refractivity contribution in [3.8, 4) is 12.3 Å². The van der Waals surface area contributed by atoms with Crippen molar-refractivity contribution in [2.75, 3.05) is 11.1 Å². The fourth-order valence-electron chi connectivity index (χ4n) is 1.06. The minimum atomic E-state index is -0.378. The molecular weight excluding hydrogens is 272 g/mol. The van der Waals surface area contributed by atoms with Gasteiger partial charge in [-0.15, -0.1) is 16.6 Å². The van der Waals surface area contributed by atoms with E-state index >= 15 is 0 Å². The number of amides is 1. The van der Waals surface area contributed by atoms with Crippen LogP contribution in [0.1, 0.15) is 16.2 Å². The molecule has 2 aromatic heterocycles. The monoisotopic (exact) mass is 280 g/mol. The number of aromatic nitrogens is 3. The van der Waals surface area contributed by atoms with Crippen molar-refractivity contribution < 1.29 is 9.32 Å². The average Bonchev–Trinajstić information content (AvgIpc) is 2.96. The number of rotatable bonds is 4. The molecule has 0 bridgehead atoms. The van der Waals surface area contributed by atoms with Crippen LogP contribution in [0.5, 0.6) is 0 Å². The third-order valence-electron chi connectivity index (χ3n) is 1.77. The Morgan fingerprint density at radius 1 is 1.67 bits per heavy atom. The zero-order valence-corrected chi connectivity index (χ0v) is 11.0. The summed E-state index contributed by atoms with van der Waals surface area (Å²) in [6, 6.07) is 1.55. The molecule has 2 aromatic rings. The summed E-state index contributed by atoms with van der Waals surface area (Å²) in [7, 11) is 0. The van der Waals surface area contributed by atoms with E-state index in [0.29, 0.717) is 21.0 Å². The van der Waals surface area contributed by atoms with Gasteiger partial charge < -0.3 is 4.52 Å². The van der Waals surface area contributed by atoms with Gasteiger partial charge in [0, 0.05) is 6.07 Å². The molecule has 18 heavy (non-hydrogen) atoms. The Hall–Kier alpha value is -1.85. The number of nitrogens with one attached hydrogen (secondary N) is 1. The molecule has 92 valence electrons. The number of hydrogen-bond acceptors (Lipinski definition) is 7. The molecule has 0 atom stereocenters. The molecule has 2 heterocycles. The summed E-state index contributed by atoms with van der Waals surface area (Å²) < 4.78 is 5.52. The predicted octanol–water partition coefficient (Wildman–Crippen LogP) is 1.81. The Morgan fingerprint density at radius 2 is 2.50 bits per heavy atom. The maximum Gasteiger partial charge on any atom is 0.279 e. The largest absolute Gasteiger partial charge is 0.361 e. The Bertz CT molecular complexity index is 599. The van der Waals surface area contributed by atoms with Crippen molar-refractivity contribution in [3.63, 3.8) is 0 Å². The average molecular weight is 280 g/mol. The van der Waals surface area contributed by atoms with Crippen LogP contribution in [0.3, 0.4) is 0 Å². The summed E-state index contributed by atoms with van der Waals surface area (Å²) >= 11 is 2.65. The van der Waals surface area contributed by atoms with Gasteiger partial charge in [0.1, 0.15) is 5.76 Å². The third-order valence-corrected chi connectivity index (χ3v) is 3.64. The highest BCUT2D eigenvalue weighted by atomic mass is 32.2. The van der Waals surface area contributed by atoms with Gasteiger partial charge in [0.15, 0.2) is 10.0 Å². The van der Waals surface area contributed by atoms with Crippen molar-refractivity contribution in [1.29, 1.82) is 0 Å². The lowest BCUT2D eigenvalue weighted by molar-refractivity contribution is 0.101. The van der Waals surface area contributed by atoms with Crippen LogP contribution in [-0.4, -0.2) is 27.0 Å². The fourth-order valence-corrected chi connectivity index (χ4v) is 2.48. The normalized spacial score (nSPS) is 10.0. The molecule has 0 saturated carbocycles. The number of anilines is 1. The fraction of sp³-hybridized carbons (Fsp3) is 0.200. The first-order valence-electron chi connectivity index (χ1n) is 4.83. The first-order chi connectivity index (χ1) is 8.69. The Balaban J connectivity index is 1.99. The van der Waals surface area contributed by atoms with Gasteiger partial charge in [-0.05, 0) is 6.92 Å². The topological polar surface area (TPSA) is 80.9 Å². The molecule has 0 aliphatic rings. The van der Waals surface area contributed by atoms with Gasteiger partial charge in [0.05, 0.1) is 5.75 Å². The standard InChI is InChI=1S/C10H8N4O2S2/c1-3-4-17-10-13-12-9(18-10)11-8(15)7-5-6(2)16-14-7/h1,5H,4H2,2H3,(H,11,12,15). The predicted molar refractivity (Wildman–Crippen MR) is 68.7 cm³/mol. The minimum absolute atomic E-state index is 0.209. The van der Waals surface area contributed by atoms with Gasteiger partial charge in [-0.25, -0.2) is 0 Å². The second kappa shape index (κ2) is 5.66. The Kier molecular flexibility index (Phi) is 3.96. The molecule has 1 amide bonds. The zero-order chi connectivity index (χ0) is 13.0. The smallest absolute Gasteiger partial charge is 0.279 e. The van der Waals surface area contributed by atoms with Crippen LogP contribution in [0.4, 0.5) is 5.13 Å². The molecule has 0 spiro atoms. The highest BCUT2D eigenvalue weighted by Gasteiger charge is 2.13. The van der Waals surface area contributed by atoms with Gasteiger partial charge in [-0.3, -0.25) is 10.1 Å². The number of hydrogen-bond donors (Lipinski definition) is 1. The molecule has 0 unspecified atom stereocenters. The summed E-state index contributed by atoms with van der Waals surface area (Å²) in [5, 5.41) is 14.3. The van der Waals surface area contributed by atoms with E-state index in [1.54, 1.807) is 13.0 Å². The summed E-state index contributed by atoms with van der Waals surface area (Å²) in [5.74, 6) is 3.20. The van der Waals surface area contributed by atoms with Crippen LogP contribution >= 0.6 is 23.1 Å². The summed E-state index contributed by atoms with van der Waals surface area (Å²) in [6.45, 7) is 1.71. The lowest BCUT2D eigenvalue weighted by atomic mass is 10.4. The van der Waals surface area contributed by atoms with E-state index < -0.39 is 0 Å². The number of nitrogens with zero attached hydrogens (tertiary/aromatic N) is 3. The SMILES string of the molecule is C#CCSc1nnc(NC(=O)c2cc(C)on2)s1. The van der Waals surface area contributed by atoms with E-state index in [1.807, 2.05) is 0 Å². The molecule has 0 aliphatic carbocycles. The first-order valence-corrected chi connectivity index (χ1v) is 6.63. The summed E-state index contributed by atoms with van der Waals surface area (Å²) in [6.07, 6.45) is 5.14. The zero-order valence-electron chi connectivity index (χ0n) is 9.34. The van der Waals surface area contributed by atoms with Crippen LogP contribution in [0.2, 0.25) is 0 Å². The van der Waals surface area contributed by atoms with Crippen LogP contribution in [0.25, 0.3) is 0 Å². The lowest BCUT2D eigenvalue weighted by Crippen LogP contribution is -2.11. The van der Waals surface area contributed by atoms with E-state index in [2.05, 4.69) is 26.6 Å². The van der Waals surface area contributed by atoms with Crippen molar-refractivity contribution in [2.24, 2.45) is 0 Å². The van der Waals surface area contributed by atoms with E-state index in [4.69, 9.17) is 10.9 Å². The van der Waals surface area contributed by atoms with Crippen LogP contribution in [0.15, 0.2) is 14.9 Å². The van der Waals surface area contributed by atoms with Crippen molar-refractivity contribution in [3.05, 3.63) is 17.5 Å². The molecule has 0 aromatic carbocycles. The Morgan fingerprint density at radius 3 is 3.17 bits per heavy atom. The lowest BCUT2D eigenvalue weighted by Gasteiger charge is -1.94. The molecule has 6 nitrogen and oxygen atoms in total. The van der Waals surface area contributed by atoms with Gasteiger partial charge in [-0.1, -0.05) is 34.2 Å². The molecule has 0 aliphatic heterocycles. The van der Waals surface area contributed by atoms with Crippen molar-refractivity contribution in [2.45, 2.75) is 11.3 Å². The van der Waals surface area contributed by atoms with Crippen molar-refractivity contribution in [1.82, 2.24) is 15.4 Å². The molecule has 1 N–H and O–H groups in total. The van der Waals surface area contributed by atoms with E-state index in [1.165, 1.54) is 23.1 Å². The third kappa shape index (κ3) is 3.09. The Labute approximate surface area is 111 Å². The molecular formula is C10H8N4O2S2. The van der Waals surface area contributed by atoms with Gasteiger partial charge in [-0.2, -0.15) is 0 Å². The molecule has 2 rings (SSSR count). The summed E-state index contributed by atoms with van der Waals surface area (Å²) in [4.78, 5) is 11.7. The number of aryl methyl sites for hydroxylation is 1. The van der Waals surface area contributed by atoms with Crippen molar-refractivity contribution >= 4 is 34.1 Å². The van der Waals surface area contributed by atoms with E-state index in [0.717, 1.165) is 0 Å². The molecule has 8 heteroatoms. The quantitative estimate of drug-likeness (QED) is 0.522. The number of carbonyl (C=O) groups is 1. The molecule has 0 fully saturated rings. The second-order valence-corrected chi connectivity index (χ2v) is 5.34. The molecule has 0 saturated heterocycles. The van der Waals surface area contributed by atoms with Gasteiger partial charge in [0.2, 0.25) is 5.13 Å². The minimum Gasteiger partial charge on any atom is -0.361 e. The summed E-state index contributed by atoms with van der Waals surface area (Å²) in [5.41, 5.74) is 0.209. The van der Waals surface area contributed by atoms with E-state index in [9.17, 15) is 4.79 Å². The second-order valence-electron chi connectivity index (χ2n) is 3.14. The van der Waals surface area contributed by atoms with E-state index in [-0.39, 0.29) is 11.6 Å². The highest BCUT2D eigenvalue weighted by molar-refractivity contribution is 8.01. The van der Waals surface area contributed by atoms with Gasteiger partial charge in [0.25, 0.3) is 5.91 Å². The van der Waals surface area contributed by atoms with Gasteiger partial charge >= 0.3 is 0 Å². The van der Waals surface area contributed by atoms with Crippen LogP contribution < -0.4 is 5.32 Å². The highest BCUT2D eigenvalue weighted by Crippen LogP contribution is 2.25. The number of carbonyl (C=O) groups excluding carboxylic acids is 1. The maximum absolute atomic E-state index is 11.7. The first kappa shape index (κ1) is 12.6.